The quantitative estimate of drug-likeness (QED) is 0.504. The highest BCUT2D eigenvalue weighted by atomic mass is 19.4. The maximum Gasteiger partial charge on any atom is 0.401 e. The zero-order valence-electron chi connectivity index (χ0n) is 16.2. The van der Waals surface area contributed by atoms with Gasteiger partial charge in [-0.25, -0.2) is 0 Å². The summed E-state index contributed by atoms with van der Waals surface area (Å²) in [4.78, 5) is 21.4. The number of likely N-dealkylation sites (tertiary alicyclic amines) is 1. The molecule has 2 fully saturated rings. The minimum absolute atomic E-state index is 0.0238. The minimum atomic E-state index is -4.15. The summed E-state index contributed by atoms with van der Waals surface area (Å²) in [5, 5.41) is 6.41. The fraction of sp³-hybridized carbons (Fsp3) is 0.882. The second-order valence-corrected chi connectivity index (χ2v) is 7.09. The van der Waals surface area contributed by atoms with E-state index in [2.05, 4.69) is 20.5 Å². The van der Waals surface area contributed by atoms with Crippen molar-refractivity contribution in [3.8, 4) is 0 Å². The zero-order chi connectivity index (χ0) is 19.9. The standard InChI is InChI=1S/C17H31F3N6O/c1-3-21-16(23-15-4-6-25(12-15)13-17(18,19)20)22-5-7-24-8-10-26(11-9-24)14(2)27/h15H,3-13H2,1-2H3,(H2,21,22,23). The lowest BCUT2D eigenvalue weighted by atomic mass is 10.3. The van der Waals surface area contributed by atoms with Crippen molar-refractivity contribution in [3.63, 3.8) is 0 Å². The van der Waals surface area contributed by atoms with Crippen LogP contribution in [0.5, 0.6) is 0 Å². The minimum Gasteiger partial charge on any atom is -0.357 e. The van der Waals surface area contributed by atoms with Crippen LogP contribution in [0.1, 0.15) is 20.3 Å². The van der Waals surface area contributed by atoms with E-state index in [1.807, 2.05) is 11.8 Å². The van der Waals surface area contributed by atoms with Gasteiger partial charge in [0.05, 0.1) is 13.1 Å². The Labute approximate surface area is 158 Å². The summed E-state index contributed by atoms with van der Waals surface area (Å²) in [5.74, 6) is 0.765. The highest BCUT2D eigenvalue weighted by Gasteiger charge is 2.34. The van der Waals surface area contributed by atoms with E-state index in [0.717, 1.165) is 32.7 Å². The molecule has 0 aromatic heterocycles. The number of hydrogen-bond donors (Lipinski definition) is 2. The van der Waals surface area contributed by atoms with Gasteiger partial charge in [0.25, 0.3) is 0 Å². The molecule has 0 radical (unpaired) electrons. The third kappa shape index (κ3) is 7.92. The molecule has 10 heteroatoms. The molecule has 2 aliphatic heterocycles. The summed E-state index contributed by atoms with van der Waals surface area (Å²) in [6, 6.07) is -0.0238. The van der Waals surface area contributed by atoms with Crippen LogP contribution >= 0.6 is 0 Å². The number of alkyl halides is 3. The first-order valence-electron chi connectivity index (χ1n) is 9.58. The Morgan fingerprint density at radius 1 is 1.15 bits per heavy atom. The third-order valence-corrected chi connectivity index (χ3v) is 4.86. The highest BCUT2D eigenvalue weighted by Crippen LogP contribution is 2.19. The van der Waals surface area contributed by atoms with Crippen molar-refractivity contribution >= 4 is 11.9 Å². The molecule has 0 aromatic carbocycles. The number of piperazine rings is 1. The molecule has 0 aliphatic carbocycles. The molecule has 0 spiro atoms. The smallest absolute Gasteiger partial charge is 0.357 e. The summed E-state index contributed by atoms with van der Waals surface area (Å²) in [6.45, 7) is 8.78. The number of halogens is 3. The predicted molar refractivity (Wildman–Crippen MR) is 98.7 cm³/mol. The normalized spacial score (nSPS) is 22.9. The molecule has 0 saturated carbocycles. The van der Waals surface area contributed by atoms with Crippen molar-refractivity contribution in [1.82, 2.24) is 25.3 Å². The summed E-state index contributed by atoms with van der Waals surface area (Å²) in [6.07, 6.45) is -3.48. The summed E-state index contributed by atoms with van der Waals surface area (Å²) in [7, 11) is 0. The number of guanidine groups is 1. The number of amides is 1. The second kappa shape index (κ2) is 10.1. The Morgan fingerprint density at radius 2 is 1.85 bits per heavy atom. The molecule has 1 atom stereocenters. The van der Waals surface area contributed by atoms with Crippen molar-refractivity contribution < 1.29 is 18.0 Å². The number of nitrogens with one attached hydrogen (secondary N) is 2. The molecule has 2 saturated heterocycles. The van der Waals surface area contributed by atoms with Gasteiger partial charge in [-0.05, 0) is 13.3 Å². The van der Waals surface area contributed by atoms with Crippen molar-refractivity contribution in [3.05, 3.63) is 0 Å². The zero-order valence-corrected chi connectivity index (χ0v) is 16.2. The van der Waals surface area contributed by atoms with Crippen molar-refractivity contribution in [2.75, 3.05) is 65.4 Å². The van der Waals surface area contributed by atoms with E-state index in [1.54, 1.807) is 6.92 Å². The molecule has 156 valence electrons. The van der Waals surface area contributed by atoms with Crippen LogP contribution in [0.25, 0.3) is 0 Å². The molecule has 0 aromatic rings. The van der Waals surface area contributed by atoms with E-state index in [4.69, 9.17) is 0 Å². The number of hydrogen-bond acceptors (Lipinski definition) is 4. The monoisotopic (exact) mass is 392 g/mol. The van der Waals surface area contributed by atoms with Gasteiger partial charge in [-0.2, -0.15) is 13.2 Å². The van der Waals surface area contributed by atoms with E-state index < -0.39 is 12.7 Å². The van der Waals surface area contributed by atoms with Crippen LogP contribution in [0.3, 0.4) is 0 Å². The lowest BCUT2D eigenvalue weighted by molar-refractivity contribution is -0.143. The van der Waals surface area contributed by atoms with Crippen LogP contribution in [0.2, 0.25) is 0 Å². The van der Waals surface area contributed by atoms with Gasteiger partial charge in [0.2, 0.25) is 5.91 Å². The van der Waals surface area contributed by atoms with Gasteiger partial charge in [0, 0.05) is 65.3 Å². The molecule has 2 N–H and O–H groups in total. The molecule has 2 heterocycles. The molecule has 0 bridgehead atoms. The first kappa shape index (κ1) is 21.7. The van der Waals surface area contributed by atoms with E-state index in [9.17, 15) is 18.0 Å². The van der Waals surface area contributed by atoms with E-state index in [1.165, 1.54) is 4.90 Å². The number of nitrogens with zero attached hydrogens (tertiary/aromatic N) is 4. The largest absolute Gasteiger partial charge is 0.401 e. The van der Waals surface area contributed by atoms with Crippen molar-refractivity contribution in [2.24, 2.45) is 4.99 Å². The summed E-state index contributed by atoms with van der Waals surface area (Å²) < 4.78 is 37.5. The van der Waals surface area contributed by atoms with Crippen LogP contribution in [0.4, 0.5) is 13.2 Å². The van der Waals surface area contributed by atoms with E-state index >= 15 is 0 Å². The number of carbonyl (C=O) groups is 1. The predicted octanol–water partition coefficient (Wildman–Crippen LogP) is 0.342. The second-order valence-electron chi connectivity index (χ2n) is 7.09. The first-order valence-corrected chi connectivity index (χ1v) is 9.58. The highest BCUT2D eigenvalue weighted by molar-refractivity contribution is 5.80. The van der Waals surface area contributed by atoms with Crippen molar-refractivity contribution in [2.45, 2.75) is 32.5 Å². The van der Waals surface area contributed by atoms with Gasteiger partial charge in [0.15, 0.2) is 5.96 Å². The van der Waals surface area contributed by atoms with E-state index in [0.29, 0.717) is 38.6 Å². The first-order chi connectivity index (χ1) is 12.8. The van der Waals surface area contributed by atoms with Gasteiger partial charge >= 0.3 is 6.18 Å². The van der Waals surface area contributed by atoms with Crippen LogP contribution in [-0.2, 0) is 4.79 Å². The van der Waals surface area contributed by atoms with Crippen molar-refractivity contribution in [1.29, 1.82) is 0 Å². The Kier molecular flexibility index (Phi) is 8.15. The number of carbonyl (C=O) groups excluding carboxylic acids is 1. The maximum atomic E-state index is 12.5. The maximum absolute atomic E-state index is 12.5. The molecule has 2 rings (SSSR count). The molecular formula is C17H31F3N6O. The Balaban J connectivity index is 1.74. The Hall–Kier alpha value is -1.55. The van der Waals surface area contributed by atoms with Crippen LogP contribution < -0.4 is 10.6 Å². The fourth-order valence-electron chi connectivity index (χ4n) is 3.45. The molecule has 1 unspecified atom stereocenters. The molecule has 7 nitrogen and oxygen atoms in total. The molecule has 2 aliphatic rings. The third-order valence-electron chi connectivity index (χ3n) is 4.86. The van der Waals surface area contributed by atoms with E-state index in [-0.39, 0.29) is 11.9 Å². The molecule has 27 heavy (non-hydrogen) atoms. The van der Waals surface area contributed by atoms with Gasteiger partial charge in [-0.15, -0.1) is 0 Å². The molecule has 1 amide bonds. The van der Waals surface area contributed by atoms with Gasteiger partial charge in [-0.3, -0.25) is 19.6 Å². The number of aliphatic imine (C=N–C) groups is 1. The van der Waals surface area contributed by atoms with Crippen LogP contribution in [-0.4, -0.2) is 104 Å². The van der Waals surface area contributed by atoms with Crippen LogP contribution in [0.15, 0.2) is 4.99 Å². The lowest BCUT2D eigenvalue weighted by Gasteiger charge is -2.33. The molecular weight excluding hydrogens is 361 g/mol. The van der Waals surface area contributed by atoms with Gasteiger partial charge in [0.1, 0.15) is 0 Å². The van der Waals surface area contributed by atoms with Gasteiger partial charge < -0.3 is 15.5 Å². The van der Waals surface area contributed by atoms with Crippen LogP contribution in [0, 0.1) is 0 Å². The Bertz CT molecular complexity index is 505. The van der Waals surface area contributed by atoms with Gasteiger partial charge in [-0.1, -0.05) is 0 Å². The summed E-state index contributed by atoms with van der Waals surface area (Å²) >= 11 is 0. The SMILES string of the molecule is CCNC(=NCCN1CCN(C(C)=O)CC1)NC1CCN(CC(F)(F)F)C1. The Morgan fingerprint density at radius 3 is 2.44 bits per heavy atom. The average molecular weight is 392 g/mol. The lowest BCUT2D eigenvalue weighted by Crippen LogP contribution is -2.49. The number of rotatable bonds is 6. The fourth-order valence-corrected chi connectivity index (χ4v) is 3.45. The average Bonchev–Trinajstić information content (AvgIpc) is 3.00. The topological polar surface area (TPSA) is 63.2 Å². The summed E-state index contributed by atoms with van der Waals surface area (Å²) in [5.41, 5.74) is 0.